The molecule has 0 aliphatic heterocycles. The second-order valence-corrected chi connectivity index (χ2v) is 6.95. The van der Waals surface area contributed by atoms with Gasteiger partial charge in [-0.15, -0.1) is 0 Å². The number of benzene rings is 1. The highest BCUT2D eigenvalue weighted by atomic mass is 79.9. The van der Waals surface area contributed by atoms with Crippen LogP contribution >= 0.6 is 15.9 Å². The van der Waals surface area contributed by atoms with Gasteiger partial charge in [0.1, 0.15) is 4.60 Å². The molecule has 21 heavy (non-hydrogen) atoms. The van der Waals surface area contributed by atoms with E-state index < -0.39 is 10.0 Å². The van der Waals surface area contributed by atoms with Gasteiger partial charge in [-0.25, -0.2) is 9.82 Å². The van der Waals surface area contributed by atoms with E-state index in [-0.39, 0.29) is 4.90 Å². The van der Waals surface area contributed by atoms with Gasteiger partial charge in [-0.05, 0) is 53.5 Å². The second kappa shape index (κ2) is 6.36. The topological polar surface area (TPSA) is 71.4 Å². The molecular formula is C14H14BrN3O2S. The van der Waals surface area contributed by atoms with E-state index in [1.807, 2.05) is 19.9 Å². The molecule has 2 rings (SSSR count). The lowest BCUT2D eigenvalue weighted by Crippen LogP contribution is -2.18. The summed E-state index contributed by atoms with van der Waals surface area (Å²) in [6.07, 6.45) is 3.01. The van der Waals surface area contributed by atoms with Crippen molar-refractivity contribution in [1.29, 1.82) is 0 Å². The zero-order chi connectivity index (χ0) is 15.5. The molecule has 0 spiro atoms. The lowest BCUT2D eigenvalue weighted by molar-refractivity contribution is 0.584. The van der Waals surface area contributed by atoms with Crippen LogP contribution in [0.5, 0.6) is 0 Å². The van der Waals surface area contributed by atoms with Crippen LogP contribution in [0.4, 0.5) is 0 Å². The van der Waals surface area contributed by atoms with Gasteiger partial charge in [0.2, 0.25) is 0 Å². The monoisotopic (exact) mass is 367 g/mol. The van der Waals surface area contributed by atoms with Gasteiger partial charge in [-0.2, -0.15) is 13.5 Å². The van der Waals surface area contributed by atoms with E-state index in [9.17, 15) is 8.42 Å². The van der Waals surface area contributed by atoms with Gasteiger partial charge in [-0.3, -0.25) is 0 Å². The molecule has 1 aromatic heterocycles. The Hall–Kier alpha value is -1.73. The van der Waals surface area contributed by atoms with Crippen LogP contribution < -0.4 is 4.83 Å². The van der Waals surface area contributed by atoms with Crippen molar-refractivity contribution >= 4 is 32.2 Å². The number of hydrazone groups is 1. The Morgan fingerprint density at radius 2 is 1.90 bits per heavy atom. The van der Waals surface area contributed by atoms with E-state index in [1.165, 1.54) is 6.21 Å². The average molecular weight is 368 g/mol. The fourth-order valence-corrected chi connectivity index (χ4v) is 2.60. The van der Waals surface area contributed by atoms with E-state index in [0.717, 1.165) is 15.7 Å². The maximum atomic E-state index is 12.0. The molecule has 110 valence electrons. The van der Waals surface area contributed by atoms with Crippen molar-refractivity contribution < 1.29 is 8.42 Å². The molecule has 0 bridgehead atoms. The molecule has 1 N–H and O–H groups in total. The SMILES string of the molecule is Cc1ccc(S(=O)(=O)N/N=C/c2cnc(Br)c(C)c2)cc1. The molecule has 7 heteroatoms. The summed E-state index contributed by atoms with van der Waals surface area (Å²) in [5.41, 5.74) is 2.65. The Labute approximate surface area is 132 Å². The van der Waals surface area contributed by atoms with Crippen LogP contribution in [0, 0.1) is 13.8 Å². The number of hydrogen-bond acceptors (Lipinski definition) is 4. The van der Waals surface area contributed by atoms with Crippen LogP contribution in [0.25, 0.3) is 0 Å². The van der Waals surface area contributed by atoms with Crippen molar-refractivity contribution in [3.05, 3.63) is 57.8 Å². The maximum absolute atomic E-state index is 12.0. The average Bonchev–Trinajstić information content (AvgIpc) is 2.43. The summed E-state index contributed by atoms with van der Waals surface area (Å²) < 4.78 is 24.8. The van der Waals surface area contributed by atoms with Crippen LogP contribution in [-0.4, -0.2) is 19.6 Å². The molecule has 0 atom stereocenters. The van der Waals surface area contributed by atoms with Crippen LogP contribution in [0.3, 0.4) is 0 Å². The number of sulfonamides is 1. The van der Waals surface area contributed by atoms with Crippen molar-refractivity contribution in [2.45, 2.75) is 18.7 Å². The van der Waals surface area contributed by atoms with Crippen molar-refractivity contribution in [2.24, 2.45) is 5.10 Å². The largest absolute Gasteiger partial charge is 0.276 e. The Bertz CT molecular complexity index is 771. The summed E-state index contributed by atoms with van der Waals surface area (Å²) >= 11 is 3.30. The van der Waals surface area contributed by atoms with Gasteiger partial charge in [-0.1, -0.05) is 17.7 Å². The first-order chi connectivity index (χ1) is 9.88. The molecule has 0 amide bonds. The first-order valence-electron chi connectivity index (χ1n) is 6.12. The van der Waals surface area contributed by atoms with Gasteiger partial charge >= 0.3 is 0 Å². The third kappa shape index (κ3) is 4.12. The Balaban J connectivity index is 2.12. The molecule has 1 heterocycles. The Morgan fingerprint density at radius 1 is 1.24 bits per heavy atom. The first-order valence-corrected chi connectivity index (χ1v) is 8.40. The third-order valence-electron chi connectivity index (χ3n) is 2.75. The van der Waals surface area contributed by atoms with Gasteiger partial charge in [0, 0.05) is 11.8 Å². The summed E-state index contributed by atoms with van der Waals surface area (Å²) in [7, 11) is -3.64. The smallest absolute Gasteiger partial charge is 0.248 e. The summed E-state index contributed by atoms with van der Waals surface area (Å²) in [4.78, 5) is 6.47. The number of nitrogens with one attached hydrogen (secondary N) is 1. The van der Waals surface area contributed by atoms with Crippen LogP contribution in [0.1, 0.15) is 16.7 Å². The van der Waals surface area contributed by atoms with Crippen LogP contribution in [-0.2, 0) is 10.0 Å². The Morgan fingerprint density at radius 3 is 2.52 bits per heavy atom. The molecule has 0 saturated heterocycles. The molecular weight excluding hydrogens is 354 g/mol. The number of rotatable bonds is 4. The van der Waals surface area contributed by atoms with E-state index in [1.54, 1.807) is 30.5 Å². The zero-order valence-electron chi connectivity index (χ0n) is 11.5. The highest BCUT2D eigenvalue weighted by Crippen LogP contribution is 2.13. The third-order valence-corrected chi connectivity index (χ3v) is 4.82. The molecule has 5 nitrogen and oxygen atoms in total. The lowest BCUT2D eigenvalue weighted by Gasteiger charge is -2.03. The summed E-state index contributed by atoms with van der Waals surface area (Å²) in [5.74, 6) is 0. The fraction of sp³-hybridized carbons (Fsp3) is 0.143. The molecule has 1 aromatic carbocycles. The normalized spacial score (nSPS) is 11.8. The number of hydrogen-bond donors (Lipinski definition) is 1. The zero-order valence-corrected chi connectivity index (χ0v) is 13.9. The number of nitrogens with zero attached hydrogens (tertiary/aromatic N) is 2. The summed E-state index contributed by atoms with van der Waals surface area (Å²) in [5, 5.41) is 3.76. The first kappa shape index (κ1) is 15.7. The number of halogens is 1. The molecule has 0 unspecified atom stereocenters. The molecule has 0 fully saturated rings. The minimum absolute atomic E-state index is 0.176. The molecule has 2 aromatic rings. The van der Waals surface area contributed by atoms with Crippen molar-refractivity contribution in [2.75, 3.05) is 0 Å². The van der Waals surface area contributed by atoms with E-state index in [2.05, 4.69) is 30.8 Å². The predicted octanol–water partition coefficient (Wildman–Crippen LogP) is 2.77. The standard InChI is InChI=1S/C14H14BrN3O2S/c1-10-3-5-13(6-4-10)21(19,20)18-17-9-12-7-11(2)14(15)16-8-12/h3-9,18H,1-2H3/b17-9+. The van der Waals surface area contributed by atoms with E-state index in [0.29, 0.717) is 5.56 Å². The van der Waals surface area contributed by atoms with E-state index >= 15 is 0 Å². The molecule has 0 aliphatic carbocycles. The van der Waals surface area contributed by atoms with Crippen molar-refractivity contribution in [3.8, 4) is 0 Å². The summed E-state index contributed by atoms with van der Waals surface area (Å²) in [6.45, 7) is 3.79. The molecule has 0 saturated carbocycles. The Kier molecular flexibility index (Phi) is 4.74. The van der Waals surface area contributed by atoms with Gasteiger partial charge in [0.25, 0.3) is 10.0 Å². The van der Waals surface area contributed by atoms with Crippen LogP contribution in [0.15, 0.2) is 51.1 Å². The van der Waals surface area contributed by atoms with Gasteiger partial charge < -0.3 is 0 Å². The number of pyridine rings is 1. The minimum Gasteiger partial charge on any atom is -0.248 e. The minimum atomic E-state index is -3.64. The predicted molar refractivity (Wildman–Crippen MR) is 85.8 cm³/mol. The number of aromatic nitrogens is 1. The lowest BCUT2D eigenvalue weighted by atomic mass is 10.2. The quantitative estimate of drug-likeness (QED) is 0.513. The summed E-state index contributed by atoms with van der Waals surface area (Å²) in [6, 6.07) is 8.40. The van der Waals surface area contributed by atoms with E-state index in [4.69, 9.17) is 0 Å². The van der Waals surface area contributed by atoms with Gasteiger partial charge in [0.05, 0.1) is 11.1 Å². The second-order valence-electron chi connectivity index (χ2n) is 4.54. The molecule has 0 aliphatic rings. The highest BCUT2D eigenvalue weighted by Gasteiger charge is 2.11. The van der Waals surface area contributed by atoms with Crippen molar-refractivity contribution in [3.63, 3.8) is 0 Å². The molecule has 0 radical (unpaired) electrons. The van der Waals surface area contributed by atoms with Crippen molar-refractivity contribution in [1.82, 2.24) is 9.82 Å². The number of aryl methyl sites for hydroxylation is 2. The van der Waals surface area contributed by atoms with Gasteiger partial charge in [0.15, 0.2) is 0 Å². The van der Waals surface area contributed by atoms with Crippen LogP contribution in [0.2, 0.25) is 0 Å². The highest BCUT2D eigenvalue weighted by molar-refractivity contribution is 9.10. The fourth-order valence-electron chi connectivity index (χ4n) is 1.59. The maximum Gasteiger partial charge on any atom is 0.276 e.